The summed E-state index contributed by atoms with van der Waals surface area (Å²) in [5, 5.41) is 3.28. The van der Waals surface area contributed by atoms with E-state index in [1.54, 1.807) is 6.33 Å². The third kappa shape index (κ3) is 2.55. The predicted molar refractivity (Wildman–Crippen MR) is 77.8 cm³/mol. The summed E-state index contributed by atoms with van der Waals surface area (Å²) in [5.41, 5.74) is 0. The van der Waals surface area contributed by atoms with Gasteiger partial charge < -0.3 is 15.1 Å². The van der Waals surface area contributed by atoms with Crippen LogP contribution in [0.15, 0.2) is 12.4 Å². The molecule has 1 amide bonds. The molecule has 2 aliphatic rings. The molecule has 2 saturated heterocycles. The van der Waals surface area contributed by atoms with Crippen LogP contribution in [0.3, 0.4) is 0 Å². The Morgan fingerprint density at radius 1 is 1.40 bits per heavy atom. The minimum absolute atomic E-state index is 0.308. The maximum absolute atomic E-state index is 11.7. The van der Waals surface area contributed by atoms with Gasteiger partial charge in [0.15, 0.2) is 0 Å². The van der Waals surface area contributed by atoms with Crippen molar-refractivity contribution in [3.05, 3.63) is 12.4 Å². The fourth-order valence-corrected chi connectivity index (χ4v) is 2.94. The first-order valence-corrected chi connectivity index (χ1v) is 7.38. The Morgan fingerprint density at radius 3 is 3.15 bits per heavy atom. The first-order valence-electron chi connectivity index (χ1n) is 7.38. The highest BCUT2D eigenvalue weighted by Crippen LogP contribution is 2.25. The van der Waals surface area contributed by atoms with Crippen LogP contribution in [0.5, 0.6) is 0 Å². The van der Waals surface area contributed by atoms with Crippen LogP contribution in [0.4, 0.5) is 11.6 Å². The molecule has 1 aromatic rings. The van der Waals surface area contributed by atoms with Gasteiger partial charge in [0.25, 0.3) is 0 Å². The maximum Gasteiger partial charge on any atom is 0.223 e. The second-order valence-corrected chi connectivity index (χ2v) is 5.41. The van der Waals surface area contributed by atoms with Gasteiger partial charge in [0, 0.05) is 44.7 Å². The van der Waals surface area contributed by atoms with Crippen LogP contribution >= 0.6 is 0 Å². The lowest BCUT2D eigenvalue weighted by Crippen LogP contribution is -2.51. The highest BCUT2D eigenvalue weighted by molar-refractivity contribution is 5.79. The maximum atomic E-state index is 11.7. The molecule has 20 heavy (non-hydrogen) atoms. The van der Waals surface area contributed by atoms with E-state index in [0.717, 1.165) is 50.7 Å². The van der Waals surface area contributed by atoms with Crippen molar-refractivity contribution < 1.29 is 4.79 Å². The Labute approximate surface area is 119 Å². The highest BCUT2D eigenvalue weighted by atomic mass is 16.2. The summed E-state index contributed by atoms with van der Waals surface area (Å²) in [5.74, 6) is 2.14. The van der Waals surface area contributed by atoms with Crippen molar-refractivity contribution in [2.75, 3.05) is 36.4 Å². The molecule has 0 aromatic carbocycles. The smallest absolute Gasteiger partial charge is 0.223 e. The van der Waals surface area contributed by atoms with Gasteiger partial charge in [-0.2, -0.15) is 0 Å². The first-order chi connectivity index (χ1) is 9.78. The highest BCUT2D eigenvalue weighted by Gasteiger charge is 2.35. The van der Waals surface area contributed by atoms with E-state index < -0.39 is 0 Å². The summed E-state index contributed by atoms with van der Waals surface area (Å²) in [6, 6.07) is 2.36. The van der Waals surface area contributed by atoms with Crippen LogP contribution in [0.2, 0.25) is 0 Å². The van der Waals surface area contributed by atoms with Gasteiger partial charge in [0.2, 0.25) is 5.91 Å². The average Bonchev–Trinajstić information content (AvgIpc) is 2.86. The van der Waals surface area contributed by atoms with E-state index in [0.29, 0.717) is 18.4 Å². The Kier molecular flexibility index (Phi) is 3.71. The second-order valence-electron chi connectivity index (χ2n) is 5.41. The third-order valence-corrected chi connectivity index (χ3v) is 4.03. The molecule has 0 aliphatic carbocycles. The number of hydrogen-bond acceptors (Lipinski definition) is 5. The van der Waals surface area contributed by atoms with Crippen LogP contribution in [-0.2, 0) is 4.79 Å². The fourth-order valence-electron chi connectivity index (χ4n) is 2.94. The first kappa shape index (κ1) is 13.1. The van der Waals surface area contributed by atoms with Crippen molar-refractivity contribution in [1.82, 2.24) is 14.9 Å². The second kappa shape index (κ2) is 5.64. The van der Waals surface area contributed by atoms with Crippen LogP contribution < -0.4 is 10.2 Å². The lowest BCUT2D eigenvalue weighted by Gasteiger charge is -2.38. The molecule has 0 radical (unpaired) electrons. The molecular formula is C14H21N5O. The number of piperazine rings is 1. The molecule has 1 atom stereocenters. The summed E-state index contributed by atoms with van der Waals surface area (Å²) >= 11 is 0. The molecule has 0 saturated carbocycles. The van der Waals surface area contributed by atoms with Gasteiger partial charge in [-0.15, -0.1) is 0 Å². The Morgan fingerprint density at radius 2 is 2.30 bits per heavy atom. The zero-order valence-corrected chi connectivity index (χ0v) is 11.9. The molecule has 6 heteroatoms. The summed E-state index contributed by atoms with van der Waals surface area (Å²) in [6.07, 6.45) is 4.36. The molecule has 1 unspecified atom stereocenters. The van der Waals surface area contributed by atoms with Crippen LogP contribution in [0.25, 0.3) is 0 Å². The van der Waals surface area contributed by atoms with Crippen LogP contribution in [-0.4, -0.2) is 53.0 Å². The predicted octanol–water partition coefficient (Wildman–Crippen LogP) is 1.11. The van der Waals surface area contributed by atoms with Gasteiger partial charge in [-0.05, 0) is 12.8 Å². The summed E-state index contributed by atoms with van der Waals surface area (Å²) in [7, 11) is 0. The molecule has 0 spiro atoms. The van der Waals surface area contributed by atoms with Gasteiger partial charge in [0.1, 0.15) is 18.0 Å². The summed E-state index contributed by atoms with van der Waals surface area (Å²) in [4.78, 5) is 24.6. The normalized spacial score (nSPS) is 22.1. The number of carbonyl (C=O) groups excluding carboxylic acids is 1. The van der Waals surface area contributed by atoms with E-state index in [4.69, 9.17) is 0 Å². The van der Waals surface area contributed by atoms with Crippen molar-refractivity contribution in [2.45, 2.75) is 32.2 Å². The van der Waals surface area contributed by atoms with Crippen LogP contribution in [0.1, 0.15) is 26.2 Å². The number of nitrogens with one attached hydrogen (secondary N) is 1. The zero-order chi connectivity index (χ0) is 13.9. The van der Waals surface area contributed by atoms with Crippen molar-refractivity contribution in [1.29, 1.82) is 0 Å². The number of rotatable bonds is 4. The Hall–Kier alpha value is -1.85. The monoisotopic (exact) mass is 275 g/mol. The van der Waals surface area contributed by atoms with E-state index in [1.807, 2.05) is 11.0 Å². The van der Waals surface area contributed by atoms with E-state index in [-0.39, 0.29) is 0 Å². The molecule has 1 N–H and O–H groups in total. The van der Waals surface area contributed by atoms with E-state index in [9.17, 15) is 4.79 Å². The number of carbonyl (C=O) groups is 1. The number of aromatic nitrogens is 2. The number of anilines is 2. The Bertz CT molecular complexity index is 492. The minimum Gasteiger partial charge on any atom is -0.370 e. The minimum atomic E-state index is 0.308. The number of nitrogens with zero attached hydrogens (tertiary/aromatic N) is 4. The molecular weight excluding hydrogens is 254 g/mol. The average molecular weight is 275 g/mol. The quantitative estimate of drug-likeness (QED) is 0.892. The van der Waals surface area contributed by atoms with Gasteiger partial charge in [-0.1, -0.05) is 6.92 Å². The molecule has 0 bridgehead atoms. The number of hydrogen-bond donors (Lipinski definition) is 1. The molecule has 2 aliphatic heterocycles. The summed E-state index contributed by atoms with van der Waals surface area (Å²) < 4.78 is 0. The topological polar surface area (TPSA) is 61.4 Å². The van der Waals surface area contributed by atoms with Crippen LogP contribution in [0, 0.1) is 0 Å². The summed E-state index contributed by atoms with van der Waals surface area (Å²) in [6.45, 7) is 5.60. The lowest BCUT2D eigenvalue weighted by molar-refractivity contribution is -0.129. The molecule has 1 aromatic heterocycles. The SMILES string of the molecule is CCCNc1cc(N2CCN3C(=O)CCC3C2)ncn1. The van der Waals surface area contributed by atoms with Crippen molar-refractivity contribution in [3.8, 4) is 0 Å². The standard InChI is InChI=1S/C14H21N5O/c1-2-5-15-12-8-13(17-10-16-12)18-6-7-19-11(9-18)3-4-14(19)20/h8,10-11H,2-7,9H2,1H3,(H,15,16,17). The Balaban J connectivity index is 1.69. The van der Waals surface area contributed by atoms with Gasteiger partial charge >= 0.3 is 0 Å². The fraction of sp³-hybridized carbons (Fsp3) is 0.643. The van der Waals surface area contributed by atoms with Crippen molar-refractivity contribution >= 4 is 17.5 Å². The van der Waals surface area contributed by atoms with Crippen molar-refractivity contribution in [3.63, 3.8) is 0 Å². The van der Waals surface area contributed by atoms with Gasteiger partial charge in [-0.25, -0.2) is 9.97 Å². The van der Waals surface area contributed by atoms with E-state index >= 15 is 0 Å². The van der Waals surface area contributed by atoms with E-state index in [1.165, 1.54) is 0 Å². The third-order valence-electron chi connectivity index (χ3n) is 4.03. The van der Waals surface area contributed by atoms with Gasteiger partial charge in [-0.3, -0.25) is 4.79 Å². The van der Waals surface area contributed by atoms with E-state index in [2.05, 4.69) is 27.1 Å². The molecule has 6 nitrogen and oxygen atoms in total. The van der Waals surface area contributed by atoms with Gasteiger partial charge in [0.05, 0.1) is 0 Å². The molecule has 108 valence electrons. The molecule has 3 heterocycles. The lowest BCUT2D eigenvalue weighted by atomic mass is 10.1. The number of fused-ring (bicyclic) bond motifs is 1. The molecule has 3 rings (SSSR count). The molecule has 2 fully saturated rings. The van der Waals surface area contributed by atoms with Crippen molar-refractivity contribution in [2.24, 2.45) is 0 Å². The largest absolute Gasteiger partial charge is 0.370 e. The number of amides is 1. The zero-order valence-electron chi connectivity index (χ0n) is 11.9.